The molecule has 11 heavy (non-hydrogen) atoms. The van der Waals surface area contributed by atoms with Crippen LogP contribution in [-0.4, -0.2) is 18.4 Å². The fourth-order valence-corrected chi connectivity index (χ4v) is 2.23. The third-order valence-corrected chi connectivity index (χ3v) is 2.84. The highest BCUT2D eigenvalue weighted by Crippen LogP contribution is 2.34. The number of hydrogen-bond donors (Lipinski definition) is 1. The fraction of sp³-hybridized carbons (Fsp3) is 1.00. The predicted molar refractivity (Wildman–Crippen MR) is 44.4 cm³/mol. The number of ether oxygens (including phenoxy) is 1. The molecular weight excluding hydrogens is 138 g/mol. The number of nitrogens with one attached hydrogen (secondary N) is 1. The molecule has 1 aliphatic carbocycles. The summed E-state index contributed by atoms with van der Waals surface area (Å²) < 4.78 is 5.92. The van der Waals surface area contributed by atoms with Crippen molar-refractivity contribution in [2.45, 2.75) is 50.9 Å². The molecule has 0 aromatic rings. The normalized spacial score (nSPS) is 36.3. The zero-order valence-electron chi connectivity index (χ0n) is 7.23. The van der Waals surface area contributed by atoms with Crippen molar-refractivity contribution >= 4 is 0 Å². The predicted octanol–water partition coefficient (Wildman–Crippen LogP) is 1.66. The second-order valence-electron chi connectivity index (χ2n) is 3.85. The lowest BCUT2D eigenvalue weighted by molar-refractivity contribution is -0.131. The first-order valence-electron chi connectivity index (χ1n) is 4.74. The lowest BCUT2D eigenvalue weighted by atomic mass is 10.1. The molecule has 2 heteroatoms. The Kier molecular flexibility index (Phi) is 1.90. The van der Waals surface area contributed by atoms with Gasteiger partial charge in [0.05, 0.1) is 6.10 Å². The van der Waals surface area contributed by atoms with E-state index in [1.54, 1.807) is 0 Å². The smallest absolute Gasteiger partial charge is 0.119 e. The Morgan fingerprint density at radius 3 is 2.73 bits per heavy atom. The quantitative estimate of drug-likeness (QED) is 0.574. The highest BCUT2D eigenvalue weighted by atomic mass is 16.5. The zero-order valence-corrected chi connectivity index (χ0v) is 7.23. The van der Waals surface area contributed by atoms with Crippen molar-refractivity contribution in [2.75, 3.05) is 6.54 Å². The molecule has 1 saturated heterocycles. The second kappa shape index (κ2) is 2.76. The third kappa shape index (κ3) is 1.42. The van der Waals surface area contributed by atoms with E-state index in [-0.39, 0.29) is 5.72 Å². The molecule has 1 aliphatic heterocycles. The van der Waals surface area contributed by atoms with Crippen LogP contribution in [0.15, 0.2) is 0 Å². The number of rotatable bonds is 0. The Bertz CT molecular complexity index is 140. The number of hydrogen-bond acceptors (Lipinski definition) is 2. The van der Waals surface area contributed by atoms with E-state index in [1.165, 1.54) is 32.1 Å². The molecule has 2 rings (SSSR count). The Hall–Kier alpha value is -0.0800. The molecule has 0 bridgehead atoms. The molecule has 1 atom stereocenters. The van der Waals surface area contributed by atoms with Gasteiger partial charge in [-0.05, 0) is 39.0 Å². The molecule has 0 aromatic carbocycles. The molecule has 2 aliphatic rings. The van der Waals surface area contributed by atoms with Crippen LogP contribution in [0.4, 0.5) is 0 Å². The van der Waals surface area contributed by atoms with E-state index in [4.69, 9.17) is 4.74 Å². The monoisotopic (exact) mass is 155 g/mol. The summed E-state index contributed by atoms with van der Waals surface area (Å²) in [6.07, 6.45) is 6.74. The summed E-state index contributed by atoms with van der Waals surface area (Å²) in [5.41, 5.74) is 0.0949. The molecule has 1 spiro atoms. The molecule has 64 valence electrons. The van der Waals surface area contributed by atoms with Gasteiger partial charge in [-0.2, -0.15) is 0 Å². The first kappa shape index (κ1) is 7.56. The fourth-order valence-electron chi connectivity index (χ4n) is 2.23. The van der Waals surface area contributed by atoms with Crippen molar-refractivity contribution in [3.05, 3.63) is 0 Å². The van der Waals surface area contributed by atoms with E-state index >= 15 is 0 Å². The highest BCUT2D eigenvalue weighted by Gasteiger charge is 2.37. The average Bonchev–Trinajstić information content (AvgIpc) is 2.37. The van der Waals surface area contributed by atoms with Gasteiger partial charge in [-0.15, -0.1) is 0 Å². The van der Waals surface area contributed by atoms with Crippen LogP contribution in [0.25, 0.3) is 0 Å². The first-order valence-corrected chi connectivity index (χ1v) is 4.74. The van der Waals surface area contributed by atoms with E-state index < -0.39 is 0 Å². The topological polar surface area (TPSA) is 21.3 Å². The summed E-state index contributed by atoms with van der Waals surface area (Å²) in [5.74, 6) is 0. The van der Waals surface area contributed by atoms with Crippen molar-refractivity contribution in [2.24, 2.45) is 0 Å². The van der Waals surface area contributed by atoms with Crippen LogP contribution in [0, 0.1) is 0 Å². The Labute approximate surface area is 68.3 Å². The summed E-state index contributed by atoms with van der Waals surface area (Å²) in [5, 5.41) is 3.50. The van der Waals surface area contributed by atoms with Gasteiger partial charge in [0.15, 0.2) is 0 Å². The van der Waals surface area contributed by atoms with Crippen LogP contribution in [0.3, 0.4) is 0 Å². The minimum Gasteiger partial charge on any atom is -0.358 e. The Morgan fingerprint density at radius 1 is 1.36 bits per heavy atom. The van der Waals surface area contributed by atoms with Crippen molar-refractivity contribution in [1.82, 2.24) is 5.32 Å². The van der Waals surface area contributed by atoms with Crippen LogP contribution < -0.4 is 5.32 Å². The molecule has 2 nitrogen and oxygen atoms in total. The van der Waals surface area contributed by atoms with E-state index in [0.29, 0.717) is 6.10 Å². The van der Waals surface area contributed by atoms with Gasteiger partial charge in [0.1, 0.15) is 5.72 Å². The lowest BCUT2D eigenvalue weighted by Gasteiger charge is -2.38. The maximum absolute atomic E-state index is 5.92. The molecule has 0 radical (unpaired) electrons. The maximum atomic E-state index is 5.92. The van der Waals surface area contributed by atoms with Gasteiger partial charge in [-0.1, -0.05) is 0 Å². The molecule has 0 aromatic heterocycles. The third-order valence-electron chi connectivity index (χ3n) is 2.84. The molecular formula is C9H17NO. The van der Waals surface area contributed by atoms with Crippen LogP contribution in [-0.2, 0) is 4.74 Å². The summed E-state index contributed by atoms with van der Waals surface area (Å²) in [6, 6.07) is 0. The molecule has 1 heterocycles. The summed E-state index contributed by atoms with van der Waals surface area (Å²) in [4.78, 5) is 0. The van der Waals surface area contributed by atoms with Gasteiger partial charge in [-0.25, -0.2) is 0 Å². The first-order chi connectivity index (χ1) is 5.31. The zero-order chi connectivity index (χ0) is 7.73. The van der Waals surface area contributed by atoms with E-state index in [1.807, 2.05) is 0 Å². The minimum atomic E-state index is 0.0949. The van der Waals surface area contributed by atoms with Crippen LogP contribution >= 0.6 is 0 Å². The lowest BCUT2D eigenvalue weighted by Crippen LogP contribution is -2.52. The summed E-state index contributed by atoms with van der Waals surface area (Å²) >= 11 is 0. The van der Waals surface area contributed by atoms with Crippen molar-refractivity contribution < 1.29 is 4.74 Å². The molecule has 1 unspecified atom stereocenters. The largest absolute Gasteiger partial charge is 0.358 e. The minimum absolute atomic E-state index is 0.0949. The molecule has 0 amide bonds. The van der Waals surface area contributed by atoms with Gasteiger partial charge in [0.25, 0.3) is 0 Å². The standard InChI is InChI=1S/C9H17NO/c1-8-4-7-10-9(11-8)5-2-3-6-9/h8,10H,2-7H2,1H3. The van der Waals surface area contributed by atoms with Gasteiger partial charge >= 0.3 is 0 Å². The van der Waals surface area contributed by atoms with E-state index in [9.17, 15) is 0 Å². The van der Waals surface area contributed by atoms with Crippen molar-refractivity contribution in [3.8, 4) is 0 Å². The van der Waals surface area contributed by atoms with Gasteiger partial charge < -0.3 is 4.74 Å². The SMILES string of the molecule is CC1CCNC2(CCCC2)O1. The Morgan fingerprint density at radius 2 is 2.09 bits per heavy atom. The molecule has 1 saturated carbocycles. The maximum Gasteiger partial charge on any atom is 0.119 e. The second-order valence-corrected chi connectivity index (χ2v) is 3.85. The summed E-state index contributed by atoms with van der Waals surface area (Å²) in [6.45, 7) is 3.32. The molecule has 1 N–H and O–H groups in total. The molecule has 2 fully saturated rings. The summed E-state index contributed by atoms with van der Waals surface area (Å²) in [7, 11) is 0. The van der Waals surface area contributed by atoms with E-state index in [2.05, 4.69) is 12.2 Å². The van der Waals surface area contributed by atoms with Crippen molar-refractivity contribution in [1.29, 1.82) is 0 Å². The van der Waals surface area contributed by atoms with Crippen molar-refractivity contribution in [3.63, 3.8) is 0 Å². The van der Waals surface area contributed by atoms with E-state index in [0.717, 1.165) is 6.54 Å². The Balaban J connectivity index is 2.00. The average molecular weight is 155 g/mol. The highest BCUT2D eigenvalue weighted by molar-refractivity contribution is 4.87. The van der Waals surface area contributed by atoms with Gasteiger partial charge in [0.2, 0.25) is 0 Å². The van der Waals surface area contributed by atoms with Gasteiger partial charge in [0, 0.05) is 6.54 Å². The van der Waals surface area contributed by atoms with Crippen LogP contribution in [0.1, 0.15) is 39.0 Å². The van der Waals surface area contributed by atoms with Gasteiger partial charge in [-0.3, -0.25) is 5.32 Å². The van der Waals surface area contributed by atoms with Crippen LogP contribution in [0.5, 0.6) is 0 Å². The van der Waals surface area contributed by atoms with Crippen LogP contribution in [0.2, 0.25) is 0 Å².